The molecule has 0 unspecified atom stereocenters. The van der Waals surface area contributed by atoms with Crippen molar-refractivity contribution < 1.29 is 23.8 Å². The van der Waals surface area contributed by atoms with Gasteiger partial charge in [0.15, 0.2) is 5.11 Å². The number of esters is 2. The van der Waals surface area contributed by atoms with Crippen molar-refractivity contribution in [3.8, 4) is 5.75 Å². The zero-order valence-electron chi connectivity index (χ0n) is 17.7. The zero-order chi connectivity index (χ0) is 22.4. The van der Waals surface area contributed by atoms with Gasteiger partial charge in [-0.3, -0.25) is 0 Å². The highest BCUT2D eigenvalue weighted by Crippen LogP contribution is 2.28. The summed E-state index contributed by atoms with van der Waals surface area (Å²) in [7, 11) is 4.23. The lowest BCUT2D eigenvalue weighted by Crippen LogP contribution is -2.50. The number of rotatable bonds is 5. The Morgan fingerprint density at radius 3 is 2.03 bits per heavy atom. The Morgan fingerprint density at radius 1 is 0.903 bits per heavy atom. The topological polar surface area (TPSA) is 80.3 Å². The maximum absolute atomic E-state index is 12.0. The Morgan fingerprint density at radius 2 is 1.48 bits per heavy atom. The molecule has 31 heavy (non-hydrogen) atoms. The van der Waals surface area contributed by atoms with Crippen LogP contribution >= 0.6 is 12.2 Å². The molecule has 1 fully saturated rings. The van der Waals surface area contributed by atoms with Crippen molar-refractivity contribution >= 4 is 40.6 Å². The molecule has 1 heterocycles. The Hall–Kier alpha value is -3.33. The second-order valence-corrected chi connectivity index (χ2v) is 7.24. The lowest BCUT2D eigenvalue weighted by molar-refractivity contribution is 0.0599. The number of benzene rings is 2. The van der Waals surface area contributed by atoms with E-state index in [2.05, 4.69) is 10.2 Å². The molecule has 1 aliphatic heterocycles. The Labute approximate surface area is 186 Å². The number of ether oxygens (including phenoxy) is 3. The number of piperazine rings is 1. The van der Waals surface area contributed by atoms with Crippen LogP contribution in [0.3, 0.4) is 0 Å². The maximum Gasteiger partial charge on any atom is 0.337 e. The fourth-order valence-corrected chi connectivity index (χ4v) is 3.72. The van der Waals surface area contributed by atoms with Gasteiger partial charge in [0.25, 0.3) is 0 Å². The van der Waals surface area contributed by atoms with Crippen LogP contribution in [0.5, 0.6) is 5.75 Å². The van der Waals surface area contributed by atoms with Gasteiger partial charge in [-0.15, -0.1) is 0 Å². The van der Waals surface area contributed by atoms with E-state index in [1.165, 1.54) is 20.3 Å². The molecule has 0 aliphatic carbocycles. The van der Waals surface area contributed by atoms with Gasteiger partial charge in [-0.05, 0) is 42.5 Å². The van der Waals surface area contributed by atoms with Gasteiger partial charge < -0.3 is 29.3 Å². The lowest BCUT2D eigenvalue weighted by Gasteiger charge is -2.37. The quantitative estimate of drug-likeness (QED) is 0.554. The number of carbonyl (C=O) groups excluding carboxylic acids is 2. The van der Waals surface area contributed by atoms with Gasteiger partial charge in [0, 0.05) is 31.9 Å². The molecule has 0 radical (unpaired) electrons. The van der Waals surface area contributed by atoms with E-state index >= 15 is 0 Å². The standard InChI is InChI=1S/C22H25N3O5S/c1-28-19-7-5-4-6-18(19)24-8-10-25(11-9-24)22(31)23-17-13-15(20(26)29-2)12-16(14-17)21(27)30-3/h4-7,12-14H,8-11H2,1-3H3,(H,23,31). The average Bonchev–Trinajstić information content (AvgIpc) is 2.82. The molecule has 0 aromatic heterocycles. The molecule has 0 bridgehead atoms. The summed E-state index contributed by atoms with van der Waals surface area (Å²) < 4.78 is 15.0. The molecule has 3 rings (SSSR count). The van der Waals surface area contributed by atoms with Crippen LogP contribution in [0.2, 0.25) is 0 Å². The third-order valence-corrected chi connectivity index (χ3v) is 5.38. The Kier molecular flexibility index (Phi) is 7.30. The SMILES string of the molecule is COC(=O)c1cc(NC(=S)N2CCN(c3ccccc3OC)CC2)cc(C(=O)OC)c1. The van der Waals surface area contributed by atoms with Gasteiger partial charge in [0.2, 0.25) is 0 Å². The first-order chi connectivity index (χ1) is 15.0. The number of hydrogen-bond donors (Lipinski definition) is 1. The van der Waals surface area contributed by atoms with E-state index < -0.39 is 11.9 Å². The van der Waals surface area contributed by atoms with E-state index in [1.807, 2.05) is 29.2 Å². The van der Waals surface area contributed by atoms with Gasteiger partial charge in [0.05, 0.1) is 38.1 Å². The molecular weight excluding hydrogens is 418 g/mol. The highest BCUT2D eigenvalue weighted by molar-refractivity contribution is 7.80. The van der Waals surface area contributed by atoms with Crippen molar-refractivity contribution in [2.24, 2.45) is 0 Å². The molecule has 0 atom stereocenters. The number of anilines is 2. The number of carbonyl (C=O) groups is 2. The Bertz CT molecular complexity index is 939. The summed E-state index contributed by atoms with van der Waals surface area (Å²) in [5.41, 5.74) is 2.03. The van der Waals surface area contributed by atoms with E-state index in [4.69, 9.17) is 26.4 Å². The van der Waals surface area contributed by atoms with Gasteiger partial charge in [-0.1, -0.05) is 12.1 Å². The smallest absolute Gasteiger partial charge is 0.337 e. The molecule has 2 aromatic rings. The summed E-state index contributed by atoms with van der Waals surface area (Å²) in [5, 5.41) is 3.64. The minimum absolute atomic E-state index is 0.233. The molecule has 2 aromatic carbocycles. The first-order valence-electron chi connectivity index (χ1n) is 9.72. The second kappa shape index (κ2) is 10.1. The van der Waals surface area contributed by atoms with E-state index in [1.54, 1.807) is 19.2 Å². The molecule has 164 valence electrons. The van der Waals surface area contributed by atoms with Crippen LogP contribution in [0.1, 0.15) is 20.7 Å². The fraction of sp³-hybridized carbons (Fsp3) is 0.318. The van der Waals surface area contributed by atoms with Crippen molar-refractivity contribution in [1.29, 1.82) is 0 Å². The third kappa shape index (κ3) is 5.24. The summed E-state index contributed by atoms with van der Waals surface area (Å²) >= 11 is 5.57. The summed E-state index contributed by atoms with van der Waals surface area (Å²) in [5.74, 6) is -0.262. The molecule has 1 aliphatic rings. The van der Waals surface area contributed by atoms with E-state index in [0.717, 1.165) is 24.5 Å². The van der Waals surface area contributed by atoms with E-state index in [9.17, 15) is 9.59 Å². The highest BCUT2D eigenvalue weighted by atomic mass is 32.1. The first kappa shape index (κ1) is 22.4. The van der Waals surface area contributed by atoms with Crippen molar-refractivity contribution in [2.75, 3.05) is 57.7 Å². The van der Waals surface area contributed by atoms with Gasteiger partial charge in [-0.25, -0.2) is 9.59 Å². The number of thiocarbonyl (C=S) groups is 1. The van der Waals surface area contributed by atoms with Crippen LogP contribution in [0.4, 0.5) is 11.4 Å². The van der Waals surface area contributed by atoms with Gasteiger partial charge >= 0.3 is 11.9 Å². The molecule has 1 saturated heterocycles. The number of nitrogens with zero attached hydrogens (tertiary/aromatic N) is 2. The largest absolute Gasteiger partial charge is 0.495 e. The zero-order valence-corrected chi connectivity index (χ0v) is 18.5. The predicted octanol–water partition coefficient (Wildman–Crippen LogP) is 2.79. The van der Waals surface area contributed by atoms with E-state index in [0.29, 0.717) is 23.9 Å². The summed E-state index contributed by atoms with van der Waals surface area (Å²) in [6, 6.07) is 12.5. The fourth-order valence-electron chi connectivity index (χ4n) is 3.42. The molecule has 1 N–H and O–H groups in total. The van der Waals surface area contributed by atoms with Crippen LogP contribution in [-0.2, 0) is 9.47 Å². The van der Waals surface area contributed by atoms with E-state index in [-0.39, 0.29) is 11.1 Å². The molecule has 0 saturated carbocycles. The van der Waals surface area contributed by atoms with Gasteiger partial charge in [0.1, 0.15) is 5.75 Å². The van der Waals surface area contributed by atoms with Crippen LogP contribution in [0, 0.1) is 0 Å². The first-order valence-corrected chi connectivity index (χ1v) is 10.1. The molecule has 0 amide bonds. The summed E-state index contributed by atoms with van der Waals surface area (Å²) in [4.78, 5) is 28.3. The third-order valence-electron chi connectivity index (χ3n) is 5.02. The lowest BCUT2D eigenvalue weighted by atomic mass is 10.1. The second-order valence-electron chi connectivity index (χ2n) is 6.86. The minimum Gasteiger partial charge on any atom is -0.495 e. The predicted molar refractivity (Wildman–Crippen MR) is 122 cm³/mol. The number of methoxy groups -OCH3 is 3. The summed E-state index contributed by atoms with van der Waals surface area (Å²) in [6.45, 7) is 2.98. The Balaban J connectivity index is 1.69. The van der Waals surface area contributed by atoms with Crippen molar-refractivity contribution in [3.63, 3.8) is 0 Å². The maximum atomic E-state index is 12.0. The summed E-state index contributed by atoms with van der Waals surface area (Å²) in [6.07, 6.45) is 0. The van der Waals surface area contributed by atoms with Crippen molar-refractivity contribution in [3.05, 3.63) is 53.6 Å². The van der Waals surface area contributed by atoms with Crippen molar-refractivity contribution in [2.45, 2.75) is 0 Å². The molecule has 0 spiro atoms. The van der Waals surface area contributed by atoms with Crippen molar-refractivity contribution in [1.82, 2.24) is 4.90 Å². The number of hydrogen-bond acceptors (Lipinski definition) is 7. The normalized spacial score (nSPS) is 13.4. The van der Waals surface area contributed by atoms with Crippen LogP contribution < -0.4 is 15.0 Å². The van der Waals surface area contributed by atoms with Crippen LogP contribution in [0.15, 0.2) is 42.5 Å². The number of para-hydroxylation sites is 2. The monoisotopic (exact) mass is 443 g/mol. The molecule has 9 heteroatoms. The minimum atomic E-state index is -0.551. The average molecular weight is 444 g/mol. The van der Waals surface area contributed by atoms with Crippen LogP contribution in [-0.4, -0.2) is 69.5 Å². The van der Waals surface area contributed by atoms with Gasteiger partial charge in [-0.2, -0.15) is 0 Å². The van der Waals surface area contributed by atoms with Crippen LogP contribution in [0.25, 0.3) is 0 Å². The molecular formula is C22H25N3O5S. The molecule has 8 nitrogen and oxygen atoms in total. The number of nitrogens with one attached hydrogen (secondary N) is 1. The highest BCUT2D eigenvalue weighted by Gasteiger charge is 2.22.